The Morgan fingerprint density at radius 1 is 1.06 bits per heavy atom. The summed E-state index contributed by atoms with van der Waals surface area (Å²) in [5.74, 6) is -0.118. The van der Waals surface area contributed by atoms with Crippen molar-refractivity contribution in [1.29, 1.82) is 0 Å². The minimum absolute atomic E-state index is 0.289. The Kier molecular flexibility index (Phi) is 6.61. The van der Waals surface area contributed by atoms with Gasteiger partial charge in [0.05, 0.1) is 12.0 Å². The molecule has 174 valence electrons. The van der Waals surface area contributed by atoms with Gasteiger partial charge in [0.15, 0.2) is 0 Å². The molecule has 4 rings (SSSR count). The molecule has 1 aliphatic rings. The highest BCUT2D eigenvalue weighted by Gasteiger charge is 2.36. The molecule has 1 N–H and O–H groups in total. The number of rotatable bonds is 6. The van der Waals surface area contributed by atoms with Gasteiger partial charge >= 0.3 is 0 Å². The lowest BCUT2D eigenvalue weighted by Gasteiger charge is -2.15. The van der Waals surface area contributed by atoms with Gasteiger partial charge in [-0.05, 0) is 85.6 Å². The van der Waals surface area contributed by atoms with Gasteiger partial charge in [-0.2, -0.15) is 0 Å². The van der Waals surface area contributed by atoms with Gasteiger partial charge in [-0.1, -0.05) is 18.2 Å². The Morgan fingerprint density at radius 3 is 2.38 bits per heavy atom. The molecule has 0 aliphatic carbocycles. The minimum atomic E-state index is -0.471. The highest BCUT2D eigenvalue weighted by molar-refractivity contribution is 8.18. The lowest BCUT2D eigenvalue weighted by molar-refractivity contribution is -0.127. The summed E-state index contributed by atoms with van der Waals surface area (Å²) in [6, 6.07) is 15.3. The average molecular weight is 476 g/mol. The van der Waals surface area contributed by atoms with Crippen molar-refractivity contribution in [2.24, 2.45) is 0 Å². The number of nitrogens with one attached hydrogen (secondary N) is 1. The summed E-state index contributed by atoms with van der Waals surface area (Å²) in [4.78, 5) is 39.2. The quantitative estimate of drug-likeness (QED) is 0.503. The van der Waals surface area contributed by atoms with E-state index in [1.165, 1.54) is 0 Å². The second kappa shape index (κ2) is 9.61. The van der Waals surface area contributed by atoms with Crippen LogP contribution in [0.15, 0.2) is 59.6 Å². The number of carbonyl (C=O) groups is 3. The number of para-hydroxylation sites is 1. The number of carbonyl (C=O) groups excluding carboxylic acids is 3. The van der Waals surface area contributed by atoms with E-state index < -0.39 is 17.1 Å². The van der Waals surface area contributed by atoms with Crippen LogP contribution in [-0.2, 0) is 9.59 Å². The van der Waals surface area contributed by atoms with Crippen molar-refractivity contribution in [3.8, 4) is 11.4 Å². The third-order valence-corrected chi connectivity index (χ3v) is 6.51. The Morgan fingerprint density at radius 2 is 1.74 bits per heavy atom. The fourth-order valence-electron chi connectivity index (χ4n) is 3.82. The first-order valence-corrected chi connectivity index (χ1v) is 11.5. The topological polar surface area (TPSA) is 80.6 Å². The van der Waals surface area contributed by atoms with Crippen LogP contribution >= 0.6 is 11.8 Å². The predicted octanol–water partition coefficient (Wildman–Crippen LogP) is 5.09. The SMILES string of the molecule is COc1ccc(-n2cc(/C=C3/SC(=O)N(CC(=O)Nc4c(C)cccc4C)C3=O)cc2C)cc1. The van der Waals surface area contributed by atoms with Crippen molar-refractivity contribution in [3.63, 3.8) is 0 Å². The molecule has 8 heteroatoms. The lowest BCUT2D eigenvalue weighted by atomic mass is 10.1. The van der Waals surface area contributed by atoms with E-state index in [-0.39, 0.29) is 11.4 Å². The summed E-state index contributed by atoms with van der Waals surface area (Å²) in [6.45, 7) is 5.42. The second-order valence-corrected chi connectivity index (χ2v) is 9.06. The lowest BCUT2D eigenvalue weighted by Crippen LogP contribution is -2.36. The van der Waals surface area contributed by atoms with E-state index in [9.17, 15) is 14.4 Å². The molecular formula is C26H25N3O4S. The maximum absolute atomic E-state index is 12.9. The zero-order valence-electron chi connectivity index (χ0n) is 19.4. The van der Waals surface area contributed by atoms with Crippen molar-refractivity contribution in [2.75, 3.05) is 19.0 Å². The Hall–Kier alpha value is -3.78. The Balaban J connectivity index is 1.49. The monoisotopic (exact) mass is 475 g/mol. The zero-order valence-corrected chi connectivity index (χ0v) is 20.2. The molecule has 0 spiro atoms. The van der Waals surface area contributed by atoms with E-state index in [1.807, 2.05) is 80.1 Å². The van der Waals surface area contributed by atoms with E-state index >= 15 is 0 Å². The van der Waals surface area contributed by atoms with Crippen LogP contribution in [-0.4, -0.2) is 40.2 Å². The third-order valence-electron chi connectivity index (χ3n) is 5.60. The molecule has 0 radical (unpaired) electrons. The predicted molar refractivity (Wildman–Crippen MR) is 134 cm³/mol. The number of hydrogen-bond acceptors (Lipinski definition) is 5. The Bertz CT molecular complexity index is 1290. The maximum Gasteiger partial charge on any atom is 0.294 e. The molecule has 1 aliphatic heterocycles. The van der Waals surface area contributed by atoms with Crippen LogP contribution in [0.2, 0.25) is 0 Å². The zero-order chi connectivity index (χ0) is 24.4. The van der Waals surface area contributed by atoms with E-state index in [4.69, 9.17) is 4.74 Å². The van der Waals surface area contributed by atoms with Crippen LogP contribution in [0.4, 0.5) is 10.5 Å². The summed E-state index contributed by atoms with van der Waals surface area (Å²) in [5, 5.41) is 2.36. The molecule has 1 saturated heterocycles. The molecule has 0 atom stereocenters. The summed E-state index contributed by atoms with van der Waals surface area (Å²) in [6.07, 6.45) is 3.58. The van der Waals surface area contributed by atoms with Crippen molar-refractivity contribution in [1.82, 2.24) is 9.47 Å². The fourth-order valence-corrected chi connectivity index (χ4v) is 4.66. The van der Waals surface area contributed by atoms with Gasteiger partial charge in [0.1, 0.15) is 12.3 Å². The highest BCUT2D eigenvalue weighted by atomic mass is 32.2. The van der Waals surface area contributed by atoms with Gasteiger partial charge in [-0.3, -0.25) is 19.3 Å². The number of ether oxygens (including phenoxy) is 1. The van der Waals surface area contributed by atoms with Crippen LogP contribution < -0.4 is 10.1 Å². The normalized spacial score (nSPS) is 14.7. The molecule has 34 heavy (non-hydrogen) atoms. The van der Waals surface area contributed by atoms with Gasteiger partial charge in [0.25, 0.3) is 11.1 Å². The first-order valence-electron chi connectivity index (χ1n) is 10.7. The van der Waals surface area contributed by atoms with Gasteiger partial charge in [-0.25, -0.2) is 0 Å². The summed E-state index contributed by atoms with van der Waals surface area (Å²) >= 11 is 0.840. The van der Waals surface area contributed by atoms with E-state index in [1.54, 1.807) is 13.2 Å². The van der Waals surface area contributed by atoms with Crippen LogP contribution in [0.3, 0.4) is 0 Å². The number of imide groups is 1. The largest absolute Gasteiger partial charge is 0.497 e. The molecule has 0 saturated carbocycles. The van der Waals surface area contributed by atoms with Crippen LogP contribution in [0, 0.1) is 20.8 Å². The first kappa shape index (κ1) is 23.4. The standard InChI is InChI=1S/C26H25N3O4S/c1-16-6-5-7-17(2)24(16)27-23(30)15-29-25(31)22(34-26(29)32)13-19-12-18(3)28(14-19)20-8-10-21(33-4)11-9-20/h5-14H,15H2,1-4H3,(H,27,30)/b22-13+. The molecule has 1 aromatic heterocycles. The highest BCUT2D eigenvalue weighted by Crippen LogP contribution is 2.33. The molecule has 2 heterocycles. The van der Waals surface area contributed by atoms with Crippen molar-refractivity contribution in [3.05, 3.63) is 82.0 Å². The third kappa shape index (κ3) is 4.77. The summed E-state index contributed by atoms with van der Waals surface area (Å²) in [7, 11) is 1.62. The average Bonchev–Trinajstić information content (AvgIpc) is 3.30. The van der Waals surface area contributed by atoms with Crippen molar-refractivity contribution in [2.45, 2.75) is 20.8 Å². The van der Waals surface area contributed by atoms with Crippen LogP contribution in [0.25, 0.3) is 11.8 Å². The minimum Gasteiger partial charge on any atom is -0.497 e. The number of aryl methyl sites for hydroxylation is 3. The van der Waals surface area contributed by atoms with Crippen molar-refractivity contribution >= 4 is 40.6 Å². The molecule has 3 amide bonds. The number of thioether (sulfide) groups is 1. The molecule has 3 aromatic rings. The van der Waals surface area contributed by atoms with Crippen molar-refractivity contribution < 1.29 is 19.1 Å². The maximum atomic E-state index is 12.9. The summed E-state index contributed by atoms with van der Waals surface area (Å²) < 4.78 is 7.20. The van der Waals surface area contributed by atoms with Crippen LogP contribution in [0.1, 0.15) is 22.4 Å². The number of amides is 3. The van der Waals surface area contributed by atoms with Gasteiger partial charge in [0.2, 0.25) is 5.91 Å². The number of aromatic nitrogens is 1. The number of methoxy groups -OCH3 is 1. The number of hydrogen-bond donors (Lipinski definition) is 1. The van der Waals surface area contributed by atoms with Gasteiger partial charge in [-0.15, -0.1) is 0 Å². The van der Waals surface area contributed by atoms with E-state index in [2.05, 4.69) is 5.32 Å². The second-order valence-electron chi connectivity index (χ2n) is 8.07. The van der Waals surface area contributed by atoms with E-state index in [0.717, 1.165) is 50.5 Å². The fraction of sp³-hybridized carbons (Fsp3) is 0.192. The molecule has 2 aromatic carbocycles. The molecule has 0 bridgehead atoms. The van der Waals surface area contributed by atoms with Gasteiger partial charge in [0, 0.05) is 23.3 Å². The number of benzene rings is 2. The smallest absolute Gasteiger partial charge is 0.294 e. The number of nitrogens with zero attached hydrogens (tertiary/aromatic N) is 2. The molecular weight excluding hydrogens is 450 g/mol. The van der Waals surface area contributed by atoms with Crippen LogP contribution in [0.5, 0.6) is 5.75 Å². The number of anilines is 1. The molecule has 0 unspecified atom stereocenters. The van der Waals surface area contributed by atoms with Gasteiger partial charge < -0.3 is 14.6 Å². The first-order chi connectivity index (χ1) is 16.3. The molecule has 1 fully saturated rings. The van der Waals surface area contributed by atoms with E-state index in [0.29, 0.717) is 5.69 Å². The summed E-state index contributed by atoms with van der Waals surface area (Å²) in [5.41, 5.74) is 5.25. The molecule has 7 nitrogen and oxygen atoms in total. The Labute approximate surface area is 202 Å².